The minimum absolute atomic E-state index is 0.315. The molecule has 0 saturated carbocycles. The molecular weight excluding hydrogens is 428 g/mol. The average molecular weight is 449 g/mol. The Labute approximate surface area is 189 Å². The molecule has 2 N–H and O–H groups in total. The summed E-state index contributed by atoms with van der Waals surface area (Å²) in [5.74, 6) is -0.00685. The Hall–Kier alpha value is -3.71. The first kappa shape index (κ1) is 21.5. The quantitative estimate of drug-likeness (QED) is 0.397. The summed E-state index contributed by atoms with van der Waals surface area (Å²) in [6.07, 6.45) is 0.782. The summed E-state index contributed by atoms with van der Waals surface area (Å²) in [5, 5.41) is 3.09. The number of rotatable bonds is 6. The molecule has 0 aliphatic rings. The SMILES string of the molecule is CCC(OC(=O)c1ccc2nc(-c3ccc(C)cc3)[nH]c2c1)C(=O)Nc1ccc(Cl)cn1. The van der Waals surface area contributed by atoms with Crippen molar-refractivity contribution in [2.24, 2.45) is 0 Å². The minimum atomic E-state index is -0.958. The number of imidazole rings is 1. The number of carbonyl (C=O) groups is 2. The average Bonchev–Trinajstić information content (AvgIpc) is 3.22. The van der Waals surface area contributed by atoms with Gasteiger partial charge in [0.05, 0.1) is 21.6 Å². The molecule has 1 amide bonds. The summed E-state index contributed by atoms with van der Waals surface area (Å²) in [5.41, 5.74) is 3.88. The number of hydrogen-bond donors (Lipinski definition) is 2. The molecule has 0 saturated heterocycles. The van der Waals surface area contributed by atoms with Gasteiger partial charge in [0.25, 0.3) is 5.91 Å². The van der Waals surface area contributed by atoms with Crippen molar-refractivity contribution in [2.45, 2.75) is 26.4 Å². The third-order valence-electron chi connectivity index (χ3n) is 4.93. The topological polar surface area (TPSA) is 97.0 Å². The molecule has 2 aromatic carbocycles. The number of carbonyl (C=O) groups excluding carboxylic acids is 2. The Morgan fingerprint density at radius 1 is 1.12 bits per heavy atom. The van der Waals surface area contributed by atoms with Crippen LogP contribution in [0.15, 0.2) is 60.8 Å². The largest absolute Gasteiger partial charge is 0.449 e. The van der Waals surface area contributed by atoms with Crippen molar-refractivity contribution in [1.82, 2.24) is 15.0 Å². The maximum Gasteiger partial charge on any atom is 0.338 e. The number of H-pyrrole nitrogens is 1. The first-order valence-corrected chi connectivity index (χ1v) is 10.5. The zero-order valence-electron chi connectivity index (χ0n) is 17.6. The van der Waals surface area contributed by atoms with Gasteiger partial charge in [-0.3, -0.25) is 4.79 Å². The van der Waals surface area contributed by atoms with E-state index in [0.717, 1.165) is 16.6 Å². The zero-order valence-corrected chi connectivity index (χ0v) is 18.3. The van der Waals surface area contributed by atoms with Crippen LogP contribution in [0.3, 0.4) is 0 Å². The summed E-state index contributed by atoms with van der Waals surface area (Å²) in [7, 11) is 0. The van der Waals surface area contributed by atoms with E-state index in [-0.39, 0.29) is 0 Å². The first-order valence-electron chi connectivity index (χ1n) is 10.1. The fourth-order valence-electron chi connectivity index (χ4n) is 3.16. The second-order valence-corrected chi connectivity index (χ2v) is 7.77. The van der Waals surface area contributed by atoms with Crippen LogP contribution in [0, 0.1) is 6.92 Å². The third kappa shape index (κ3) is 4.78. The molecule has 0 spiro atoms. The van der Waals surface area contributed by atoms with Gasteiger partial charge in [-0.1, -0.05) is 48.4 Å². The van der Waals surface area contributed by atoms with E-state index in [2.05, 4.69) is 20.3 Å². The fraction of sp³-hybridized carbons (Fsp3) is 0.167. The van der Waals surface area contributed by atoms with Crippen LogP contribution < -0.4 is 5.32 Å². The number of amides is 1. The van der Waals surface area contributed by atoms with Gasteiger partial charge >= 0.3 is 5.97 Å². The molecule has 7 nitrogen and oxygen atoms in total. The number of pyridine rings is 1. The predicted octanol–water partition coefficient (Wildman–Crippen LogP) is 5.16. The van der Waals surface area contributed by atoms with Crippen LogP contribution in [0.25, 0.3) is 22.4 Å². The molecule has 0 fully saturated rings. The monoisotopic (exact) mass is 448 g/mol. The van der Waals surface area contributed by atoms with Crippen molar-refractivity contribution in [3.63, 3.8) is 0 Å². The van der Waals surface area contributed by atoms with Crippen LogP contribution in [0.1, 0.15) is 29.3 Å². The number of esters is 1. The van der Waals surface area contributed by atoms with Gasteiger partial charge in [-0.15, -0.1) is 0 Å². The lowest BCUT2D eigenvalue weighted by Crippen LogP contribution is -2.32. The van der Waals surface area contributed by atoms with Gasteiger partial charge in [-0.05, 0) is 43.7 Å². The van der Waals surface area contributed by atoms with Crippen molar-refractivity contribution < 1.29 is 14.3 Å². The van der Waals surface area contributed by atoms with Gasteiger partial charge in [0, 0.05) is 11.8 Å². The number of anilines is 1. The molecule has 4 aromatic rings. The number of aromatic nitrogens is 3. The lowest BCUT2D eigenvalue weighted by molar-refractivity contribution is -0.124. The van der Waals surface area contributed by atoms with Gasteiger partial charge in [0.1, 0.15) is 11.6 Å². The van der Waals surface area contributed by atoms with Gasteiger partial charge in [-0.2, -0.15) is 0 Å². The maximum atomic E-state index is 12.7. The van der Waals surface area contributed by atoms with Gasteiger partial charge in [0.2, 0.25) is 0 Å². The number of nitrogens with one attached hydrogen (secondary N) is 2. The standard InChI is InChI=1S/C24H21ClN4O3/c1-3-20(23(30)29-21-11-9-17(25)13-26-21)32-24(31)16-8-10-18-19(12-16)28-22(27-18)15-6-4-14(2)5-7-15/h4-13,20H,3H2,1-2H3,(H,27,28)(H,26,29,30). The summed E-state index contributed by atoms with van der Waals surface area (Å²) >= 11 is 5.81. The molecule has 8 heteroatoms. The summed E-state index contributed by atoms with van der Waals surface area (Å²) in [6.45, 7) is 3.79. The van der Waals surface area contributed by atoms with Crippen molar-refractivity contribution in [3.05, 3.63) is 76.9 Å². The van der Waals surface area contributed by atoms with E-state index in [9.17, 15) is 9.59 Å². The van der Waals surface area contributed by atoms with Crippen LogP contribution in [-0.2, 0) is 9.53 Å². The van der Waals surface area contributed by atoms with Crippen molar-refractivity contribution in [2.75, 3.05) is 5.32 Å². The van der Waals surface area contributed by atoms with Gasteiger partial charge < -0.3 is 15.0 Å². The van der Waals surface area contributed by atoms with Crippen LogP contribution in [0.4, 0.5) is 5.82 Å². The van der Waals surface area contributed by atoms with E-state index in [4.69, 9.17) is 16.3 Å². The Morgan fingerprint density at radius 3 is 2.59 bits per heavy atom. The van der Waals surface area contributed by atoms with E-state index >= 15 is 0 Å². The fourth-order valence-corrected chi connectivity index (χ4v) is 3.27. The minimum Gasteiger partial charge on any atom is -0.449 e. The van der Waals surface area contributed by atoms with E-state index < -0.39 is 18.0 Å². The molecule has 0 aliphatic carbocycles. The maximum absolute atomic E-state index is 12.7. The highest BCUT2D eigenvalue weighted by Gasteiger charge is 2.23. The van der Waals surface area contributed by atoms with Crippen LogP contribution >= 0.6 is 11.6 Å². The highest BCUT2D eigenvalue weighted by atomic mass is 35.5. The second-order valence-electron chi connectivity index (χ2n) is 7.34. The van der Waals surface area contributed by atoms with Crippen molar-refractivity contribution in [3.8, 4) is 11.4 Å². The summed E-state index contributed by atoms with van der Waals surface area (Å²) in [4.78, 5) is 37.1. The Morgan fingerprint density at radius 2 is 1.91 bits per heavy atom. The molecule has 1 atom stereocenters. The molecular formula is C24H21ClN4O3. The lowest BCUT2D eigenvalue weighted by Gasteiger charge is -2.15. The van der Waals surface area contributed by atoms with Gasteiger partial charge in [-0.25, -0.2) is 14.8 Å². The van der Waals surface area contributed by atoms with E-state index in [0.29, 0.717) is 34.2 Å². The number of hydrogen-bond acceptors (Lipinski definition) is 5. The molecule has 2 aromatic heterocycles. The number of aryl methyl sites for hydroxylation is 1. The Balaban J connectivity index is 1.48. The zero-order chi connectivity index (χ0) is 22.7. The van der Waals surface area contributed by atoms with Gasteiger partial charge in [0.15, 0.2) is 6.10 Å². The molecule has 1 unspecified atom stereocenters. The number of benzene rings is 2. The molecule has 0 aliphatic heterocycles. The third-order valence-corrected chi connectivity index (χ3v) is 5.16. The highest BCUT2D eigenvalue weighted by Crippen LogP contribution is 2.22. The number of aromatic amines is 1. The van der Waals surface area contributed by atoms with E-state index in [1.54, 1.807) is 37.3 Å². The lowest BCUT2D eigenvalue weighted by atomic mass is 10.1. The van der Waals surface area contributed by atoms with E-state index in [1.165, 1.54) is 6.20 Å². The van der Waals surface area contributed by atoms with Crippen molar-refractivity contribution in [1.29, 1.82) is 0 Å². The first-order chi connectivity index (χ1) is 15.4. The van der Waals surface area contributed by atoms with Crippen LogP contribution in [-0.4, -0.2) is 32.9 Å². The Kier molecular flexibility index (Phi) is 6.18. The Bertz CT molecular complexity index is 1270. The van der Waals surface area contributed by atoms with Crippen LogP contribution in [0.2, 0.25) is 5.02 Å². The molecule has 0 radical (unpaired) electrons. The second kappa shape index (κ2) is 9.20. The van der Waals surface area contributed by atoms with Crippen LogP contribution in [0.5, 0.6) is 0 Å². The predicted molar refractivity (Wildman–Crippen MR) is 124 cm³/mol. The summed E-state index contributed by atoms with van der Waals surface area (Å²) < 4.78 is 5.46. The normalized spacial score (nSPS) is 11.8. The number of halogens is 1. The van der Waals surface area contributed by atoms with Crippen molar-refractivity contribution >= 4 is 40.3 Å². The number of nitrogens with zero attached hydrogens (tertiary/aromatic N) is 2. The number of ether oxygens (including phenoxy) is 1. The summed E-state index contributed by atoms with van der Waals surface area (Å²) in [6, 6.07) is 16.3. The molecule has 0 bridgehead atoms. The van der Waals surface area contributed by atoms with E-state index in [1.807, 2.05) is 31.2 Å². The molecule has 162 valence electrons. The molecule has 32 heavy (non-hydrogen) atoms. The molecule has 2 heterocycles. The highest BCUT2D eigenvalue weighted by molar-refractivity contribution is 6.30. The molecule has 4 rings (SSSR count). The number of fused-ring (bicyclic) bond motifs is 1. The smallest absolute Gasteiger partial charge is 0.338 e.